The number of carboxylic acids is 1. The highest BCUT2D eigenvalue weighted by Crippen LogP contribution is 1.92. The quantitative estimate of drug-likeness (QED) is 0.459. The number of amides is 2. The minimum Gasteiger partial charge on any atom is -0.480 e. The van der Waals surface area contributed by atoms with Gasteiger partial charge in [0.05, 0.1) is 12.6 Å². The van der Waals surface area contributed by atoms with E-state index in [2.05, 4.69) is 10.6 Å². The summed E-state index contributed by atoms with van der Waals surface area (Å²) in [5.74, 6) is -1.18. The van der Waals surface area contributed by atoms with E-state index in [0.29, 0.717) is 6.61 Å². The van der Waals surface area contributed by atoms with Gasteiger partial charge in [-0.15, -0.1) is 0 Å². The number of hydrogen-bond acceptors (Lipinski definition) is 4. The zero-order chi connectivity index (χ0) is 12.6. The molecule has 0 spiro atoms. The van der Waals surface area contributed by atoms with Crippen molar-refractivity contribution in [3.8, 4) is 0 Å². The molecule has 0 aliphatic rings. The lowest BCUT2D eigenvalue weighted by Gasteiger charge is -2.17. The number of aliphatic hydroxyl groups is 1. The van der Waals surface area contributed by atoms with Crippen molar-refractivity contribution in [1.82, 2.24) is 10.6 Å². The first-order valence-electron chi connectivity index (χ1n) is 4.90. The van der Waals surface area contributed by atoms with Crippen LogP contribution in [0.15, 0.2) is 0 Å². The van der Waals surface area contributed by atoms with Crippen LogP contribution in [0.2, 0.25) is 0 Å². The Hall–Kier alpha value is -1.34. The van der Waals surface area contributed by atoms with E-state index in [9.17, 15) is 9.59 Å². The lowest BCUT2D eigenvalue weighted by atomic mass is 10.2. The largest absolute Gasteiger partial charge is 0.480 e. The number of carbonyl (C=O) groups excluding carboxylic acids is 1. The normalized spacial score (nSPS) is 13.9. The summed E-state index contributed by atoms with van der Waals surface area (Å²) in [5.41, 5.74) is 0. The summed E-state index contributed by atoms with van der Waals surface area (Å²) in [4.78, 5) is 22.0. The zero-order valence-corrected chi connectivity index (χ0v) is 9.40. The van der Waals surface area contributed by atoms with E-state index in [1.54, 1.807) is 6.92 Å². The van der Waals surface area contributed by atoms with Gasteiger partial charge in [0.1, 0.15) is 6.04 Å². The maximum Gasteiger partial charge on any atom is 0.326 e. The van der Waals surface area contributed by atoms with Crippen molar-refractivity contribution in [2.75, 3.05) is 20.3 Å². The van der Waals surface area contributed by atoms with Crippen molar-refractivity contribution in [2.24, 2.45) is 0 Å². The van der Waals surface area contributed by atoms with Crippen LogP contribution in [-0.2, 0) is 9.53 Å². The van der Waals surface area contributed by atoms with E-state index < -0.39 is 18.0 Å². The van der Waals surface area contributed by atoms with Crippen LogP contribution in [0.5, 0.6) is 0 Å². The molecule has 16 heavy (non-hydrogen) atoms. The van der Waals surface area contributed by atoms with Crippen molar-refractivity contribution in [2.45, 2.75) is 25.4 Å². The number of aliphatic carboxylic acids is 1. The fourth-order valence-electron chi connectivity index (χ4n) is 1.10. The number of methoxy groups -OCH3 is 1. The van der Waals surface area contributed by atoms with Gasteiger partial charge in [-0.05, 0) is 6.92 Å². The molecule has 2 amide bonds. The van der Waals surface area contributed by atoms with E-state index in [1.165, 1.54) is 7.11 Å². The molecule has 94 valence electrons. The van der Waals surface area contributed by atoms with Crippen LogP contribution in [-0.4, -0.2) is 54.6 Å². The van der Waals surface area contributed by atoms with Gasteiger partial charge in [-0.2, -0.15) is 0 Å². The maximum atomic E-state index is 11.3. The Morgan fingerprint density at radius 3 is 2.44 bits per heavy atom. The first-order chi connectivity index (χ1) is 7.51. The summed E-state index contributed by atoms with van der Waals surface area (Å²) in [6.07, 6.45) is -0.0264. The molecule has 0 heterocycles. The van der Waals surface area contributed by atoms with Crippen LogP contribution in [0.25, 0.3) is 0 Å². The third-order valence-corrected chi connectivity index (χ3v) is 1.82. The molecular formula is C9H18N2O5. The molecule has 0 aromatic rings. The van der Waals surface area contributed by atoms with Gasteiger partial charge in [-0.1, -0.05) is 0 Å². The zero-order valence-electron chi connectivity index (χ0n) is 9.40. The van der Waals surface area contributed by atoms with Crippen molar-refractivity contribution in [1.29, 1.82) is 0 Å². The number of carbonyl (C=O) groups is 2. The Labute approximate surface area is 93.8 Å². The third kappa shape index (κ3) is 6.20. The first-order valence-corrected chi connectivity index (χ1v) is 4.90. The second-order valence-corrected chi connectivity index (χ2v) is 3.38. The van der Waals surface area contributed by atoms with Gasteiger partial charge in [-0.3, -0.25) is 0 Å². The Bertz CT molecular complexity index is 234. The van der Waals surface area contributed by atoms with Crippen molar-refractivity contribution >= 4 is 12.0 Å². The third-order valence-electron chi connectivity index (χ3n) is 1.82. The molecule has 0 aromatic heterocycles. The first kappa shape index (κ1) is 14.7. The van der Waals surface area contributed by atoms with Gasteiger partial charge in [0.25, 0.3) is 0 Å². The number of urea groups is 1. The van der Waals surface area contributed by atoms with Crippen LogP contribution >= 0.6 is 0 Å². The molecule has 4 N–H and O–H groups in total. The number of hydrogen-bond donors (Lipinski definition) is 4. The molecular weight excluding hydrogens is 216 g/mol. The number of carboxylic acid groups (broad SMARTS) is 1. The van der Waals surface area contributed by atoms with E-state index in [1.807, 2.05) is 0 Å². The number of ether oxygens (including phenoxy) is 1. The number of rotatable bonds is 7. The smallest absolute Gasteiger partial charge is 0.326 e. The molecule has 7 heteroatoms. The van der Waals surface area contributed by atoms with Crippen molar-refractivity contribution < 1.29 is 24.5 Å². The molecule has 0 saturated carbocycles. The van der Waals surface area contributed by atoms with Crippen molar-refractivity contribution in [3.63, 3.8) is 0 Å². The van der Waals surface area contributed by atoms with Crippen LogP contribution < -0.4 is 10.6 Å². The van der Waals surface area contributed by atoms with Gasteiger partial charge in [0, 0.05) is 20.1 Å². The Morgan fingerprint density at radius 2 is 2.00 bits per heavy atom. The summed E-state index contributed by atoms with van der Waals surface area (Å²) >= 11 is 0. The Morgan fingerprint density at radius 1 is 1.38 bits per heavy atom. The number of nitrogens with one attached hydrogen (secondary N) is 2. The molecule has 2 atom stereocenters. The molecule has 1 unspecified atom stereocenters. The topological polar surface area (TPSA) is 108 Å². The predicted molar refractivity (Wildman–Crippen MR) is 56.1 cm³/mol. The molecule has 0 rings (SSSR count). The van der Waals surface area contributed by atoms with Gasteiger partial charge >= 0.3 is 12.0 Å². The second kappa shape index (κ2) is 7.89. The summed E-state index contributed by atoms with van der Waals surface area (Å²) in [5, 5.41) is 22.1. The van der Waals surface area contributed by atoms with Crippen LogP contribution in [0.1, 0.15) is 13.3 Å². The highest BCUT2D eigenvalue weighted by atomic mass is 16.5. The maximum absolute atomic E-state index is 11.3. The number of aliphatic hydroxyl groups excluding tert-OH is 1. The molecule has 0 aromatic carbocycles. The van der Waals surface area contributed by atoms with E-state index in [-0.39, 0.29) is 19.1 Å². The van der Waals surface area contributed by atoms with Crippen LogP contribution in [0, 0.1) is 0 Å². The van der Waals surface area contributed by atoms with E-state index >= 15 is 0 Å². The predicted octanol–water partition coefficient (Wildman–Crippen LogP) is -0.844. The molecule has 0 bridgehead atoms. The summed E-state index contributed by atoms with van der Waals surface area (Å²) in [7, 11) is 1.50. The molecule has 0 fully saturated rings. The van der Waals surface area contributed by atoms with Gasteiger partial charge < -0.3 is 25.6 Å². The fourth-order valence-corrected chi connectivity index (χ4v) is 1.10. The van der Waals surface area contributed by atoms with Gasteiger partial charge in [-0.25, -0.2) is 9.59 Å². The second-order valence-electron chi connectivity index (χ2n) is 3.38. The molecule has 0 aliphatic carbocycles. The van der Waals surface area contributed by atoms with Crippen molar-refractivity contribution in [3.05, 3.63) is 0 Å². The molecule has 7 nitrogen and oxygen atoms in total. The SMILES string of the molecule is COCC(C)NC(=O)N[C@@H](CCO)C(=O)O. The molecule has 0 aliphatic heterocycles. The Kier molecular flexibility index (Phi) is 7.23. The molecule has 0 radical (unpaired) electrons. The summed E-state index contributed by atoms with van der Waals surface area (Å²) in [6, 6.07) is -1.89. The van der Waals surface area contributed by atoms with E-state index in [4.69, 9.17) is 14.9 Å². The minimum absolute atomic E-state index is 0.0264. The summed E-state index contributed by atoms with van der Waals surface area (Å²) in [6.45, 7) is 1.76. The Balaban J connectivity index is 4.04. The average molecular weight is 234 g/mol. The lowest BCUT2D eigenvalue weighted by molar-refractivity contribution is -0.139. The average Bonchev–Trinajstić information content (AvgIpc) is 2.16. The van der Waals surface area contributed by atoms with Crippen LogP contribution in [0.4, 0.5) is 4.79 Å². The highest BCUT2D eigenvalue weighted by molar-refractivity contribution is 5.82. The minimum atomic E-state index is -1.18. The summed E-state index contributed by atoms with van der Waals surface area (Å²) < 4.78 is 4.81. The van der Waals surface area contributed by atoms with E-state index in [0.717, 1.165) is 0 Å². The van der Waals surface area contributed by atoms with Crippen LogP contribution in [0.3, 0.4) is 0 Å². The van der Waals surface area contributed by atoms with Gasteiger partial charge in [0.15, 0.2) is 0 Å². The standard InChI is InChI=1S/C9H18N2O5/c1-6(5-16-2)10-9(15)11-7(3-4-12)8(13)14/h6-7,12H,3-5H2,1-2H3,(H,13,14)(H2,10,11,15)/t6?,7-/m0/s1. The highest BCUT2D eigenvalue weighted by Gasteiger charge is 2.19. The fraction of sp³-hybridized carbons (Fsp3) is 0.778. The monoisotopic (exact) mass is 234 g/mol. The van der Waals surface area contributed by atoms with Gasteiger partial charge in [0.2, 0.25) is 0 Å². The lowest BCUT2D eigenvalue weighted by Crippen LogP contribution is -2.49. The molecule has 0 saturated heterocycles.